The second-order valence-corrected chi connectivity index (χ2v) is 6.59. The van der Waals surface area contributed by atoms with Crippen molar-refractivity contribution in [2.75, 3.05) is 12.4 Å². The number of anilines is 1. The average molecular weight is 377 g/mol. The van der Waals surface area contributed by atoms with Crippen molar-refractivity contribution in [3.8, 4) is 11.1 Å². The maximum atomic E-state index is 13.7. The Hall–Kier alpha value is -2.28. The van der Waals surface area contributed by atoms with Crippen molar-refractivity contribution in [2.24, 2.45) is 0 Å². The zero-order chi connectivity index (χ0) is 17.8. The number of ether oxygens (including phenoxy) is 1. The van der Waals surface area contributed by atoms with Gasteiger partial charge in [0.1, 0.15) is 16.5 Å². The van der Waals surface area contributed by atoms with Gasteiger partial charge in [-0.3, -0.25) is 4.79 Å². The number of hydrogen-bond acceptors (Lipinski definition) is 4. The molecule has 0 aliphatic heterocycles. The van der Waals surface area contributed by atoms with Crippen LogP contribution in [0.15, 0.2) is 47.8 Å². The third kappa shape index (κ3) is 4.22. The smallest absolute Gasteiger partial charge is 0.275 e. The molecule has 7 heteroatoms. The zero-order valence-electron chi connectivity index (χ0n) is 13.3. The monoisotopic (exact) mass is 376 g/mol. The van der Waals surface area contributed by atoms with Crippen molar-refractivity contribution in [1.29, 1.82) is 0 Å². The summed E-state index contributed by atoms with van der Waals surface area (Å²) in [5.41, 5.74) is 2.10. The van der Waals surface area contributed by atoms with Gasteiger partial charge in [0.25, 0.3) is 5.91 Å². The Bertz CT molecular complexity index is 896. The Morgan fingerprint density at radius 1 is 1.28 bits per heavy atom. The molecule has 1 amide bonds. The highest BCUT2D eigenvalue weighted by atomic mass is 35.5. The number of rotatable bonds is 5. The van der Waals surface area contributed by atoms with Gasteiger partial charge in [-0.2, -0.15) is 0 Å². The van der Waals surface area contributed by atoms with Gasteiger partial charge in [-0.15, -0.1) is 11.3 Å². The van der Waals surface area contributed by atoms with E-state index in [1.54, 1.807) is 36.8 Å². The lowest BCUT2D eigenvalue weighted by Gasteiger charge is -2.11. The van der Waals surface area contributed by atoms with Gasteiger partial charge in [0.2, 0.25) is 0 Å². The summed E-state index contributed by atoms with van der Waals surface area (Å²) in [5.74, 6) is -0.751. The standard InChI is InChI=1S/C18H14ClFN2O2S/c1-24-9-17-21-16(10-25-17)18(23)22-15-7-6-13(20)8-14(15)11-2-4-12(19)5-3-11/h2-8,10H,9H2,1H3,(H,22,23). The van der Waals surface area contributed by atoms with Crippen LogP contribution >= 0.6 is 22.9 Å². The fourth-order valence-corrected chi connectivity index (χ4v) is 3.16. The molecule has 0 fully saturated rings. The van der Waals surface area contributed by atoms with E-state index in [2.05, 4.69) is 10.3 Å². The van der Waals surface area contributed by atoms with Crippen molar-refractivity contribution in [3.05, 3.63) is 69.4 Å². The third-order valence-electron chi connectivity index (χ3n) is 3.44. The van der Waals surface area contributed by atoms with E-state index in [0.717, 1.165) is 5.56 Å². The Labute approximate surface area is 153 Å². The van der Waals surface area contributed by atoms with Gasteiger partial charge in [-0.1, -0.05) is 23.7 Å². The zero-order valence-corrected chi connectivity index (χ0v) is 14.8. The maximum Gasteiger partial charge on any atom is 0.275 e. The minimum atomic E-state index is -0.390. The maximum absolute atomic E-state index is 13.7. The number of aromatic nitrogens is 1. The molecule has 3 aromatic rings. The predicted octanol–water partition coefficient (Wildman–Crippen LogP) is 5.00. The van der Waals surface area contributed by atoms with Crippen LogP contribution in [0.2, 0.25) is 5.02 Å². The van der Waals surface area contributed by atoms with E-state index in [1.165, 1.54) is 29.5 Å². The van der Waals surface area contributed by atoms with Crippen LogP contribution in [0.3, 0.4) is 0 Å². The Kier molecular flexibility index (Phi) is 5.43. The highest BCUT2D eigenvalue weighted by molar-refractivity contribution is 7.09. The predicted molar refractivity (Wildman–Crippen MR) is 97.6 cm³/mol. The highest BCUT2D eigenvalue weighted by Crippen LogP contribution is 2.30. The van der Waals surface area contributed by atoms with E-state index in [9.17, 15) is 9.18 Å². The average Bonchev–Trinajstić information content (AvgIpc) is 3.06. The summed E-state index contributed by atoms with van der Waals surface area (Å²) in [6.07, 6.45) is 0. The van der Waals surface area contributed by atoms with Crippen LogP contribution in [-0.2, 0) is 11.3 Å². The van der Waals surface area contributed by atoms with Crippen molar-refractivity contribution < 1.29 is 13.9 Å². The van der Waals surface area contributed by atoms with Gasteiger partial charge in [-0.05, 0) is 35.9 Å². The molecule has 0 saturated carbocycles. The van der Waals surface area contributed by atoms with Crippen LogP contribution in [0.25, 0.3) is 11.1 Å². The van der Waals surface area contributed by atoms with Gasteiger partial charge in [0, 0.05) is 28.8 Å². The molecule has 0 bridgehead atoms. The summed E-state index contributed by atoms with van der Waals surface area (Å²) in [5, 5.41) is 5.74. The molecule has 2 aromatic carbocycles. The summed E-state index contributed by atoms with van der Waals surface area (Å²) < 4.78 is 18.7. The van der Waals surface area contributed by atoms with Crippen molar-refractivity contribution in [2.45, 2.75) is 6.61 Å². The molecular formula is C18H14ClFN2O2S. The SMILES string of the molecule is COCc1nc(C(=O)Nc2ccc(F)cc2-c2ccc(Cl)cc2)cs1. The Balaban J connectivity index is 1.89. The highest BCUT2D eigenvalue weighted by Gasteiger charge is 2.14. The molecular weight excluding hydrogens is 363 g/mol. The molecule has 0 saturated heterocycles. The van der Waals surface area contributed by atoms with Crippen LogP contribution in [0.5, 0.6) is 0 Å². The number of carbonyl (C=O) groups excluding carboxylic acids is 1. The summed E-state index contributed by atoms with van der Waals surface area (Å²) in [6, 6.07) is 11.2. The first-order chi connectivity index (χ1) is 12.1. The third-order valence-corrected chi connectivity index (χ3v) is 4.51. The van der Waals surface area contributed by atoms with Crippen LogP contribution in [-0.4, -0.2) is 18.0 Å². The second kappa shape index (κ2) is 7.74. The van der Waals surface area contributed by atoms with Crippen molar-refractivity contribution >= 4 is 34.5 Å². The summed E-state index contributed by atoms with van der Waals surface area (Å²) >= 11 is 7.25. The topological polar surface area (TPSA) is 51.2 Å². The summed E-state index contributed by atoms with van der Waals surface area (Å²) in [7, 11) is 1.57. The number of halogens is 2. The van der Waals surface area contributed by atoms with Crippen molar-refractivity contribution in [1.82, 2.24) is 4.98 Å². The molecule has 0 atom stereocenters. The lowest BCUT2D eigenvalue weighted by molar-refractivity contribution is 0.102. The molecule has 0 spiro atoms. The summed E-state index contributed by atoms with van der Waals surface area (Å²) in [6.45, 7) is 0.352. The molecule has 1 N–H and O–H groups in total. The Morgan fingerprint density at radius 2 is 2.04 bits per heavy atom. The molecule has 128 valence electrons. The molecule has 0 aliphatic carbocycles. The molecule has 25 heavy (non-hydrogen) atoms. The van der Waals surface area contributed by atoms with E-state index in [4.69, 9.17) is 16.3 Å². The number of hydrogen-bond donors (Lipinski definition) is 1. The molecule has 1 aromatic heterocycles. The van der Waals surface area contributed by atoms with E-state index < -0.39 is 0 Å². The fraction of sp³-hybridized carbons (Fsp3) is 0.111. The number of benzene rings is 2. The molecule has 0 unspecified atom stereocenters. The number of nitrogens with zero attached hydrogens (tertiary/aromatic N) is 1. The van der Waals surface area contributed by atoms with Gasteiger partial charge in [0.15, 0.2) is 0 Å². The first-order valence-electron chi connectivity index (χ1n) is 7.37. The van der Waals surface area contributed by atoms with E-state index in [1.807, 2.05) is 0 Å². The Morgan fingerprint density at radius 3 is 2.76 bits per heavy atom. The van der Waals surface area contributed by atoms with Crippen LogP contribution < -0.4 is 5.32 Å². The second-order valence-electron chi connectivity index (χ2n) is 5.21. The minimum Gasteiger partial charge on any atom is -0.378 e. The number of nitrogens with one attached hydrogen (secondary N) is 1. The van der Waals surface area contributed by atoms with Gasteiger partial charge in [-0.25, -0.2) is 9.37 Å². The van der Waals surface area contributed by atoms with E-state index >= 15 is 0 Å². The first-order valence-corrected chi connectivity index (χ1v) is 8.63. The minimum absolute atomic E-state index is 0.295. The molecule has 0 aliphatic rings. The van der Waals surface area contributed by atoms with Gasteiger partial charge >= 0.3 is 0 Å². The normalized spacial score (nSPS) is 10.7. The summed E-state index contributed by atoms with van der Waals surface area (Å²) in [4.78, 5) is 16.6. The first kappa shape index (κ1) is 17.5. The molecule has 0 radical (unpaired) electrons. The number of thiazole rings is 1. The van der Waals surface area contributed by atoms with Crippen LogP contribution in [0, 0.1) is 5.82 Å². The molecule has 1 heterocycles. The quantitative estimate of drug-likeness (QED) is 0.681. The number of methoxy groups -OCH3 is 1. The number of amides is 1. The number of carbonyl (C=O) groups is 1. The van der Waals surface area contributed by atoms with Crippen molar-refractivity contribution in [3.63, 3.8) is 0 Å². The fourth-order valence-electron chi connectivity index (χ4n) is 2.29. The van der Waals surface area contributed by atoms with Gasteiger partial charge in [0.05, 0.1) is 6.61 Å². The van der Waals surface area contributed by atoms with Gasteiger partial charge < -0.3 is 10.1 Å². The van der Waals surface area contributed by atoms with Crippen LogP contribution in [0.1, 0.15) is 15.5 Å². The van der Waals surface area contributed by atoms with E-state index in [-0.39, 0.29) is 11.7 Å². The van der Waals surface area contributed by atoms with E-state index in [0.29, 0.717) is 33.6 Å². The molecule has 4 nitrogen and oxygen atoms in total. The lowest BCUT2D eigenvalue weighted by Crippen LogP contribution is -2.13. The largest absolute Gasteiger partial charge is 0.378 e. The van der Waals surface area contributed by atoms with Crippen LogP contribution in [0.4, 0.5) is 10.1 Å². The lowest BCUT2D eigenvalue weighted by atomic mass is 10.0. The molecule has 3 rings (SSSR count).